The number of benzene rings is 2. The first-order valence-corrected chi connectivity index (χ1v) is 8.26. The van der Waals surface area contributed by atoms with Gasteiger partial charge in [0.05, 0.1) is 22.7 Å². The number of hydrogen-bond donors (Lipinski definition) is 1. The lowest BCUT2D eigenvalue weighted by molar-refractivity contribution is -0.402. The largest absolute Gasteiger partial charge is 0.508 e. The number of furan rings is 1. The molecule has 0 amide bonds. The lowest BCUT2D eigenvalue weighted by atomic mass is 10.2. The van der Waals surface area contributed by atoms with Crippen LogP contribution in [-0.2, 0) is 0 Å². The Morgan fingerprint density at radius 1 is 1.07 bits per heavy atom. The van der Waals surface area contributed by atoms with Gasteiger partial charge in [0.15, 0.2) is 0 Å². The summed E-state index contributed by atoms with van der Waals surface area (Å²) in [5, 5.41) is 21.0. The van der Waals surface area contributed by atoms with Gasteiger partial charge in [0, 0.05) is 6.07 Å². The van der Waals surface area contributed by atoms with Gasteiger partial charge in [-0.15, -0.1) is 0 Å². The molecule has 0 saturated carbocycles. The van der Waals surface area contributed by atoms with Crippen molar-refractivity contribution in [2.75, 3.05) is 0 Å². The zero-order valence-corrected chi connectivity index (χ0v) is 14.4. The van der Waals surface area contributed by atoms with Gasteiger partial charge in [0.25, 0.3) is 5.56 Å². The van der Waals surface area contributed by atoms with Crippen molar-refractivity contribution in [3.8, 4) is 11.4 Å². The SMILES string of the molecule is O=c1c2ccccc2nc(/C=C/c2ccc([N+](=O)[O-])o2)n1-c1cccc(O)c1. The summed E-state index contributed by atoms with van der Waals surface area (Å²) in [4.78, 5) is 27.7. The Balaban J connectivity index is 1.90. The molecule has 28 heavy (non-hydrogen) atoms. The van der Waals surface area contributed by atoms with Gasteiger partial charge < -0.3 is 9.52 Å². The van der Waals surface area contributed by atoms with Gasteiger partial charge in [0.2, 0.25) is 0 Å². The summed E-state index contributed by atoms with van der Waals surface area (Å²) < 4.78 is 6.47. The number of fused-ring (bicyclic) bond motifs is 1. The van der Waals surface area contributed by atoms with E-state index in [9.17, 15) is 20.0 Å². The lowest BCUT2D eigenvalue weighted by Crippen LogP contribution is -2.22. The summed E-state index contributed by atoms with van der Waals surface area (Å²) in [6.07, 6.45) is 3.02. The topological polar surface area (TPSA) is 111 Å². The fourth-order valence-corrected chi connectivity index (χ4v) is 2.83. The first-order valence-electron chi connectivity index (χ1n) is 8.26. The number of phenols is 1. The van der Waals surface area contributed by atoms with E-state index in [1.165, 1.54) is 41.0 Å². The highest BCUT2D eigenvalue weighted by atomic mass is 16.6. The standard InChI is InChI=1S/C20H13N3O5/c24-14-5-3-4-13(12-14)22-18(10-8-15-9-11-19(28-15)23(26)27)21-17-7-2-1-6-16(17)20(22)25/h1-12,24H/b10-8+. The number of rotatable bonds is 4. The minimum absolute atomic E-state index is 0.00847. The molecular weight excluding hydrogens is 362 g/mol. The van der Waals surface area contributed by atoms with Crippen molar-refractivity contribution >= 4 is 28.9 Å². The predicted molar refractivity (Wildman–Crippen MR) is 103 cm³/mol. The van der Waals surface area contributed by atoms with Crippen molar-refractivity contribution in [3.63, 3.8) is 0 Å². The number of phenolic OH excluding ortho intramolecular Hbond substituents is 1. The fraction of sp³-hybridized carbons (Fsp3) is 0. The van der Waals surface area contributed by atoms with Crippen LogP contribution < -0.4 is 5.56 Å². The van der Waals surface area contributed by atoms with Crippen LogP contribution in [0.25, 0.3) is 28.7 Å². The molecule has 138 valence electrons. The molecule has 8 heteroatoms. The number of aromatic hydroxyl groups is 1. The fourth-order valence-electron chi connectivity index (χ4n) is 2.83. The predicted octanol–water partition coefficient (Wildman–Crippen LogP) is 3.76. The maximum absolute atomic E-state index is 13.1. The second-order valence-electron chi connectivity index (χ2n) is 5.91. The molecule has 2 heterocycles. The van der Waals surface area contributed by atoms with Crippen LogP contribution in [0.5, 0.6) is 5.75 Å². The highest BCUT2D eigenvalue weighted by Gasteiger charge is 2.13. The van der Waals surface area contributed by atoms with Crippen molar-refractivity contribution in [1.29, 1.82) is 0 Å². The molecule has 0 spiro atoms. The molecule has 0 unspecified atom stereocenters. The smallest absolute Gasteiger partial charge is 0.433 e. The Morgan fingerprint density at radius 3 is 2.64 bits per heavy atom. The molecule has 4 aromatic rings. The average molecular weight is 375 g/mol. The first-order chi connectivity index (χ1) is 13.5. The minimum Gasteiger partial charge on any atom is -0.508 e. The molecular formula is C20H13N3O5. The zero-order valence-electron chi connectivity index (χ0n) is 14.4. The molecule has 0 fully saturated rings. The lowest BCUT2D eigenvalue weighted by Gasteiger charge is -2.11. The number of hydrogen-bond acceptors (Lipinski definition) is 6. The maximum Gasteiger partial charge on any atom is 0.433 e. The quantitative estimate of drug-likeness (QED) is 0.429. The third-order valence-corrected chi connectivity index (χ3v) is 4.08. The zero-order chi connectivity index (χ0) is 19.7. The van der Waals surface area contributed by atoms with Crippen LogP contribution in [0, 0.1) is 10.1 Å². The van der Waals surface area contributed by atoms with Gasteiger partial charge in [-0.3, -0.25) is 19.5 Å². The van der Waals surface area contributed by atoms with Crippen LogP contribution in [0.1, 0.15) is 11.6 Å². The Labute approximate surface area is 157 Å². The van der Waals surface area contributed by atoms with E-state index in [0.717, 1.165) is 0 Å². The van der Waals surface area contributed by atoms with Crippen LogP contribution in [0.2, 0.25) is 0 Å². The van der Waals surface area contributed by atoms with Crippen LogP contribution in [0.4, 0.5) is 5.88 Å². The molecule has 8 nitrogen and oxygen atoms in total. The number of para-hydroxylation sites is 1. The van der Waals surface area contributed by atoms with Crippen LogP contribution in [0.3, 0.4) is 0 Å². The maximum atomic E-state index is 13.1. The van der Waals surface area contributed by atoms with Gasteiger partial charge in [-0.2, -0.15) is 0 Å². The summed E-state index contributed by atoms with van der Waals surface area (Å²) in [7, 11) is 0. The average Bonchev–Trinajstić information content (AvgIpc) is 3.16. The Morgan fingerprint density at radius 2 is 1.89 bits per heavy atom. The molecule has 0 aliphatic rings. The summed E-state index contributed by atoms with van der Waals surface area (Å²) in [5.41, 5.74) is 0.642. The summed E-state index contributed by atoms with van der Waals surface area (Å²) in [5.74, 6) is 0.163. The monoisotopic (exact) mass is 375 g/mol. The Bertz CT molecular complexity index is 1290. The number of nitrogens with zero attached hydrogens (tertiary/aromatic N) is 3. The van der Waals surface area contributed by atoms with Crippen molar-refractivity contribution in [2.45, 2.75) is 0 Å². The van der Waals surface area contributed by atoms with Crippen molar-refractivity contribution in [2.24, 2.45) is 0 Å². The van der Waals surface area contributed by atoms with Crippen molar-refractivity contribution in [1.82, 2.24) is 9.55 Å². The molecule has 1 N–H and O–H groups in total. The van der Waals surface area contributed by atoms with E-state index in [0.29, 0.717) is 16.6 Å². The molecule has 0 radical (unpaired) electrons. The highest BCUT2D eigenvalue weighted by Crippen LogP contribution is 2.20. The van der Waals surface area contributed by atoms with Gasteiger partial charge in [0.1, 0.15) is 22.3 Å². The second kappa shape index (κ2) is 6.84. The summed E-state index contributed by atoms with van der Waals surface area (Å²) in [6.45, 7) is 0. The third-order valence-electron chi connectivity index (χ3n) is 4.08. The molecule has 2 aromatic heterocycles. The van der Waals surface area contributed by atoms with Crippen molar-refractivity contribution < 1.29 is 14.4 Å². The number of aromatic nitrogens is 2. The van der Waals surface area contributed by atoms with Gasteiger partial charge >= 0.3 is 5.88 Å². The highest BCUT2D eigenvalue weighted by molar-refractivity contribution is 5.80. The van der Waals surface area contributed by atoms with E-state index in [1.807, 2.05) is 0 Å². The van der Waals surface area contributed by atoms with Gasteiger partial charge in [-0.05, 0) is 42.5 Å². The molecule has 2 aromatic carbocycles. The van der Waals surface area contributed by atoms with Crippen LogP contribution in [0.15, 0.2) is 69.9 Å². The third kappa shape index (κ3) is 3.14. The molecule has 0 saturated heterocycles. The van der Waals surface area contributed by atoms with Crippen LogP contribution >= 0.6 is 0 Å². The first kappa shape index (κ1) is 17.2. The Kier molecular flexibility index (Phi) is 4.21. The van der Waals surface area contributed by atoms with E-state index in [2.05, 4.69) is 4.98 Å². The number of nitro groups is 1. The molecule has 4 rings (SSSR count). The molecule has 0 aliphatic carbocycles. The second-order valence-corrected chi connectivity index (χ2v) is 5.91. The van der Waals surface area contributed by atoms with Gasteiger partial charge in [-0.1, -0.05) is 18.2 Å². The molecule has 0 aliphatic heterocycles. The summed E-state index contributed by atoms with van der Waals surface area (Å²) >= 11 is 0. The van der Waals surface area contributed by atoms with Gasteiger partial charge in [-0.25, -0.2) is 4.98 Å². The Hall–Kier alpha value is -4.20. The molecule has 0 bridgehead atoms. The van der Waals surface area contributed by atoms with Crippen LogP contribution in [-0.4, -0.2) is 19.6 Å². The van der Waals surface area contributed by atoms with E-state index < -0.39 is 4.92 Å². The van der Waals surface area contributed by atoms with E-state index in [-0.39, 0.29) is 28.8 Å². The molecule has 0 atom stereocenters. The van der Waals surface area contributed by atoms with E-state index in [4.69, 9.17) is 4.42 Å². The minimum atomic E-state index is -0.631. The van der Waals surface area contributed by atoms with E-state index >= 15 is 0 Å². The normalized spacial score (nSPS) is 11.3. The summed E-state index contributed by atoms with van der Waals surface area (Å²) in [6, 6.07) is 15.9. The van der Waals surface area contributed by atoms with Crippen molar-refractivity contribution in [3.05, 3.63) is 92.7 Å². The van der Waals surface area contributed by atoms with E-state index in [1.54, 1.807) is 36.4 Å².